The van der Waals surface area contributed by atoms with Crippen LogP contribution in [-0.4, -0.2) is 11.9 Å². The van der Waals surface area contributed by atoms with E-state index in [2.05, 4.69) is 5.32 Å². The Morgan fingerprint density at radius 1 is 1.44 bits per heavy atom. The second kappa shape index (κ2) is 1.87. The van der Waals surface area contributed by atoms with E-state index in [0.29, 0.717) is 0 Å². The molecule has 0 saturated carbocycles. The monoisotopic (exact) mass is 125 g/mol. The van der Waals surface area contributed by atoms with Crippen LogP contribution in [0.25, 0.3) is 0 Å². The van der Waals surface area contributed by atoms with E-state index in [-0.39, 0.29) is 11.9 Å². The van der Waals surface area contributed by atoms with Gasteiger partial charge in [0.1, 0.15) is 0 Å². The van der Waals surface area contributed by atoms with E-state index < -0.39 is 0 Å². The number of hydrogen-bond acceptors (Lipinski definition) is 1. The zero-order valence-corrected chi connectivity index (χ0v) is 5.99. The standard InChI is InChI=1S/C7H11NO/c1-4-5(2)7(9)8-6(4)3/h6H,1-3H3,(H,8,9)/t6-/m0/s1. The highest BCUT2D eigenvalue weighted by Gasteiger charge is 2.20. The summed E-state index contributed by atoms with van der Waals surface area (Å²) in [5.41, 5.74) is 2.04. The Balaban J connectivity index is 2.92. The van der Waals surface area contributed by atoms with E-state index in [9.17, 15) is 4.79 Å². The molecule has 0 saturated heterocycles. The van der Waals surface area contributed by atoms with Crippen LogP contribution in [-0.2, 0) is 4.79 Å². The Hall–Kier alpha value is -0.790. The molecule has 0 radical (unpaired) electrons. The molecule has 0 bridgehead atoms. The normalized spacial score (nSPS) is 27.0. The van der Waals surface area contributed by atoms with E-state index >= 15 is 0 Å². The predicted octanol–water partition coefficient (Wildman–Crippen LogP) is 0.841. The van der Waals surface area contributed by atoms with Gasteiger partial charge in [-0.2, -0.15) is 0 Å². The number of carbonyl (C=O) groups is 1. The van der Waals surface area contributed by atoms with Crippen LogP contribution in [0.3, 0.4) is 0 Å². The van der Waals surface area contributed by atoms with Crippen LogP contribution in [0, 0.1) is 0 Å². The zero-order chi connectivity index (χ0) is 7.02. The number of hydrogen-bond donors (Lipinski definition) is 1. The maximum absolute atomic E-state index is 10.8. The average Bonchev–Trinajstić information content (AvgIpc) is 1.98. The number of nitrogens with one attached hydrogen (secondary N) is 1. The topological polar surface area (TPSA) is 29.1 Å². The van der Waals surface area contributed by atoms with Gasteiger partial charge >= 0.3 is 0 Å². The Bertz CT molecular complexity index is 181. The maximum Gasteiger partial charge on any atom is 0.247 e. The number of rotatable bonds is 0. The first-order valence-corrected chi connectivity index (χ1v) is 3.11. The first-order valence-electron chi connectivity index (χ1n) is 3.11. The third kappa shape index (κ3) is 0.846. The smallest absolute Gasteiger partial charge is 0.247 e. The molecule has 0 aromatic heterocycles. The van der Waals surface area contributed by atoms with Crippen molar-refractivity contribution in [3.05, 3.63) is 11.1 Å². The summed E-state index contributed by atoms with van der Waals surface area (Å²) in [6.45, 7) is 5.83. The van der Waals surface area contributed by atoms with Gasteiger partial charge in [0.25, 0.3) is 0 Å². The molecule has 0 spiro atoms. The summed E-state index contributed by atoms with van der Waals surface area (Å²) < 4.78 is 0. The summed E-state index contributed by atoms with van der Waals surface area (Å²) in [6.07, 6.45) is 0. The largest absolute Gasteiger partial charge is 0.346 e. The van der Waals surface area contributed by atoms with Crippen molar-refractivity contribution in [3.8, 4) is 0 Å². The molecule has 1 aliphatic rings. The second-order valence-electron chi connectivity index (χ2n) is 2.50. The summed E-state index contributed by atoms with van der Waals surface area (Å²) in [4.78, 5) is 10.8. The molecule has 1 N–H and O–H groups in total. The average molecular weight is 125 g/mol. The summed E-state index contributed by atoms with van der Waals surface area (Å²) in [5.74, 6) is 0.0833. The first kappa shape index (κ1) is 6.33. The molecule has 0 aliphatic carbocycles. The van der Waals surface area contributed by atoms with Crippen molar-refractivity contribution < 1.29 is 4.79 Å². The fourth-order valence-corrected chi connectivity index (χ4v) is 0.917. The Kier molecular flexibility index (Phi) is 1.31. The van der Waals surface area contributed by atoms with E-state index in [1.54, 1.807) is 0 Å². The number of carbonyl (C=O) groups excluding carboxylic acids is 1. The lowest BCUT2D eigenvalue weighted by molar-refractivity contribution is -0.116. The van der Waals surface area contributed by atoms with Crippen LogP contribution in [0.2, 0.25) is 0 Å². The van der Waals surface area contributed by atoms with Crippen LogP contribution in [0.4, 0.5) is 0 Å². The fraction of sp³-hybridized carbons (Fsp3) is 0.571. The van der Waals surface area contributed by atoms with Gasteiger partial charge < -0.3 is 5.32 Å². The summed E-state index contributed by atoms with van der Waals surface area (Å²) in [7, 11) is 0. The third-order valence-electron chi connectivity index (χ3n) is 1.93. The fourth-order valence-electron chi connectivity index (χ4n) is 0.917. The molecule has 0 aromatic carbocycles. The molecule has 0 aromatic rings. The Morgan fingerprint density at radius 2 is 2.00 bits per heavy atom. The highest BCUT2D eigenvalue weighted by Crippen LogP contribution is 2.14. The predicted molar refractivity (Wildman–Crippen MR) is 36.0 cm³/mol. The maximum atomic E-state index is 10.8. The third-order valence-corrected chi connectivity index (χ3v) is 1.93. The Labute approximate surface area is 54.9 Å². The molecule has 1 heterocycles. The minimum absolute atomic E-state index is 0.0833. The van der Waals surface area contributed by atoms with Crippen molar-refractivity contribution in [2.24, 2.45) is 0 Å². The summed E-state index contributed by atoms with van der Waals surface area (Å²) in [6, 6.07) is 0.248. The molecular formula is C7H11NO. The van der Waals surface area contributed by atoms with Crippen molar-refractivity contribution in [1.82, 2.24) is 5.32 Å². The zero-order valence-electron chi connectivity index (χ0n) is 5.99. The van der Waals surface area contributed by atoms with Gasteiger partial charge in [0.05, 0.1) is 0 Å². The first-order chi connectivity index (χ1) is 4.13. The quantitative estimate of drug-likeness (QED) is 0.510. The van der Waals surface area contributed by atoms with Gasteiger partial charge in [0.2, 0.25) is 5.91 Å². The molecule has 1 rings (SSSR count). The lowest BCUT2D eigenvalue weighted by Gasteiger charge is -2.01. The highest BCUT2D eigenvalue weighted by molar-refractivity contribution is 5.96. The molecule has 1 atom stereocenters. The van der Waals surface area contributed by atoms with Gasteiger partial charge in [-0.25, -0.2) is 0 Å². The molecule has 0 fully saturated rings. The molecule has 1 aliphatic heterocycles. The molecule has 1 amide bonds. The lowest BCUT2D eigenvalue weighted by Crippen LogP contribution is -2.25. The van der Waals surface area contributed by atoms with Gasteiger partial charge in [-0.3, -0.25) is 4.79 Å². The lowest BCUT2D eigenvalue weighted by atomic mass is 10.1. The van der Waals surface area contributed by atoms with Crippen molar-refractivity contribution in [1.29, 1.82) is 0 Å². The van der Waals surface area contributed by atoms with Gasteiger partial charge in [-0.05, 0) is 26.3 Å². The van der Waals surface area contributed by atoms with Crippen molar-refractivity contribution in [2.75, 3.05) is 0 Å². The van der Waals surface area contributed by atoms with Crippen molar-refractivity contribution in [3.63, 3.8) is 0 Å². The molecule has 2 heteroatoms. The van der Waals surface area contributed by atoms with Crippen LogP contribution < -0.4 is 5.32 Å². The van der Waals surface area contributed by atoms with Gasteiger partial charge in [0.15, 0.2) is 0 Å². The van der Waals surface area contributed by atoms with Gasteiger partial charge in [0, 0.05) is 11.6 Å². The number of amides is 1. The molecule has 2 nitrogen and oxygen atoms in total. The summed E-state index contributed by atoms with van der Waals surface area (Å²) >= 11 is 0. The highest BCUT2D eigenvalue weighted by atomic mass is 16.2. The van der Waals surface area contributed by atoms with Crippen LogP contribution >= 0.6 is 0 Å². The molecule has 50 valence electrons. The molecular weight excluding hydrogens is 114 g/mol. The SMILES string of the molecule is CC1=C(C)[C@H](C)NC1=O. The van der Waals surface area contributed by atoms with E-state index in [1.165, 1.54) is 5.57 Å². The van der Waals surface area contributed by atoms with Gasteiger partial charge in [-0.1, -0.05) is 0 Å². The van der Waals surface area contributed by atoms with Gasteiger partial charge in [-0.15, -0.1) is 0 Å². The van der Waals surface area contributed by atoms with E-state index in [1.807, 2.05) is 20.8 Å². The molecule has 9 heavy (non-hydrogen) atoms. The van der Waals surface area contributed by atoms with E-state index in [0.717, 1.165) is 5.57 Å². The van der Waals surface area contributed by atoms with E-state index in [4.69, 9.17) is 0 Å². The van der Waals surface area contributed by atoms with Crippen LogP contribution in [0.5, 0.6) is 0 Å². The molecule has 0 unspecified atom stereocenters. The minimum atomic E-state index is 0.0833. The van der Waals surface area contributed by atoms with Crippen LogP contribution in [0.15, 0.2) is 11.1 Å². The van der Waals surface area contributed by atoms with Crippen molar-refractivity contribution >= 4 is 5.91 Å². The van der Waals surface area contributed by atoms with Crippen LogP contribution in [0.1, 0.15) is 20.8 Å². The summed E-state index contributed by atoms with van der Waals surface area (Å²) in [5, 5.41) is 2.80. The Morgan fingerprint density at radius 3 is 2.11 bits per heavy atom. The van der Waals surface area contributed by atoms with Crippen molar-refractivity contribution in [2.45, 2.75) is 26.8 Å². The second-order valence-corrected chi connectivity index (χ2v) is 2.50. The minimum Gasteiger partial charge on any atom is -0.346 e.